The molecule has 166 valence electrons. The predicted octanol–water partition coefficient (Wildman–Crippen LogP) is 5.40. The van der Waals surface area contributed by atoms with E-state index in [0.29, 0.717) is 18.0 Å². The summed E-state index contributed by atoms with van der Waals surface area (Å²) in [5, 5.41) is 3.57. The van der Waals surface area contributed by atoms with E-state index in [1.807, 2.05) is 59.5 Å². The maximum Gasteiger partial charge on any atom is 0.254 e. The minimum Gasteiger partial charge on any atom is -0.493 e. The molecule has 1 fully saturated rings. The Hall–Kier alpha value is -3.47. The van der Waals surface area contributed by atoms with E-state index >= 15 is 0 Å². The van der Waals surface area contributed by atoms with Crippen molar-refractivity contribution in [2.45, 2.75) is 25.8 Å². The SMILES string of the molecule is COc1ccc(N[C@@H]2CCCN(C(=O)c3ccccc3-c3ccccc3C)C2)cc1OC. The predicted molar refractivity (Wildman–Crippen MR) is 129 cm³/mol. The molecule has 1 atom stereocenters. The van der Waals surface area contributed by atoms with E-state index in [1.165, 1.54) is 5.56 Å². The zero-order valence-corrected chi connectivity index (χ0v) is 18.9. The number of hydrogen-bond donors (Lipinski definition) is 1. The largest absolute Gasteiger partial charge is 0.493 e. The van der Waals surface area contributed by atoms with Gasteiger partial charge in [-0.2, -0.15) is 0 Å². The van der Waals surface area contributed by atoms with E-state index < -0.39 is 0 Å². The van der Waals surface area contributed by atoms with E-state index in [2.05, 4.69) is 24.4 Å². The number of nitrogens with zero attached hydrogens (tertiary/aromatic N) is 1. The molecule has 0 aliphatic carbocycles. The molecule has 0 bridgehead atoms. The lowest BCUT2D eigenvalue weighted by molar-refractivity contribution is 0.0715. The van der Waals surface area contributed by atoms with Gasteiger partial charge in [0.15, 0.2) is 11.5 Å². The summed E-state index contributed by atoms with van der Waals surface area (Å²) in [6.45, 7) is 3.51. The first-order chi connectivity index (χ1) is 15.6. The molecule has 0 saturated carbocycles. The van der Waals surface area contributed by atoms with E-state index in [9.17, 15) is 4.79 Å². The van der Waals surface area contributed by atoms with Crippen molar-refractivity contribution in [3.8, 4) is 22.6 Å². The molecule has 1 heterocycles. The third-order valence-electron chi connectivity index (χ3n) is 6.06. The van der Waals surface area contributed by atoms with Gasteiger partial charge in [-0.1, -0.05) is 42.5 Å². The number of hydrogen-bond acceptors (Lipinski definition) is 4. The number of ether oxygens (including phenoxy) is 2. The van der Waals surface area contributed by atoms with Gasteiger partial charge in [-0.05, 0) is 54.7 Å². The molecule has 0 radical (unpaired) electrons. The van der Waals surface area contributed by atoms with Gasteiger partial charge in [0.1, 0.15) is 0 Å². The summed E-state index contributed by atoms with van der Waals surface area (Å²) in [7, 11) is 3.26. The third-order valence-corrected chi connectivity index (χ3v) is 6.06. The summed E-state index contributed by atoms with van der Waals surface area (Å²) in [4.78, 5) is 15.5. The van der Waals surface area contributed by atoms with Gasteiger partial charge in [0, 0.05) is 36.4 Å². The Morgan fingerprint density at radius 1 is 0.938 bits per heavy atom. The second-order valence-corrected chi connectivity index (χ2v) is 8.16. The van der Waals surface area contributed by atoms with E-state index in [4.69, 9.17) is 9.47 Å². The van der Waals surface area contributed by atoms with Crippen molar-refractivity contribution in [2.75, 3.05) is 32.6 Å². The number of carbonyl (C=O) groups excluding carboxylic acids is 1. The number of likely N-dealkylation sites (tertiary alicyclic amines) is 1. The summed E-state index contributed by atoms with van der Waals surface area (Å²) in [5.74, 6) is 1.47. The molecule has 1 N–H and O–H groups in total. The van der Waals surface area contributed by atoms with Gasteiger partial charge >= 0.3 is 0 Å². The number of methoxy groups -OCH3 is 2. The van der Waals surface area contributed by atoms with Crippen molar-refractivity contribution in [1.29, 1.82) is 0 Å². The highest BCUT2D eigenvalue weighted by atomic mass is 16.5. The number of benzene rings is 3. The van der Waals surface area contributed by atoms with Crippen LogP contribution >= 0.6 is 0 Å². The van der Waals surface area contributed by atoms with Crippen molar-refractivity contribution in [3.05, 3.63) is 77.9 Å². The third kappa shape index (κ3) is 4.57. The monoisotopic (exact) mass is 430 g/mol. The Morgan fingerprint density at radius 3 is 2.41 bits per heavy atom. The van der Waals surface area contributed by atoms with Crippen molar-refractivity contribution < 1.29 is 14.3 Å². The molecule has 3 aromatic carbocycles. The molecule has 0 aromatic heterocycles. The molecular formula is C27H30N2O3. The molecule has 1 saturated heterocycles. The Balaban J connectivity index is 1.52. The number of aryl methyl sites for hydroxylation is 1. The maximum absolute atomic E-state index is 13.5. The molecule has 0 unspecified atom stereocenters. The first-order valence-corrected chi connectivity index (χ1v) is 11.0. The van der Waals surface area contributed by atoms with Crippen molar-refractivity contribution in [1.82, 2.24) is 4.90 Å². The molecule has 5 heteroatoms. The fourth-order valence-corrected chi connectivity index (χ4v) is 4.39. The highest BCUT2D eigenvalue weighted by Gasteiger charge is 2.26. The van der Waals surface area contributed by atoms with Crippen LogP contribution in [-0.2, 0) is 0 Å². The molecule has 0 spiro atoms. The average molecular weight is 431 g/mol. The highest BCUT2D eigenvalue weighted by Crippen LogP contribution is 2.31. The molecular weight excluding hydrogens is 400 g/mol. The number of anilines is 1. The number of rotatable bonds is 6. The van der Waals surface area contributed by atoms with Gasteiger partial charge in [-0.25, -0.2) is 0 Å². The summed E-state index contributed by atoms with van der Waals surface area (Å²) < 4.78 is 10.7. The fourth-order valence-electron chi connectivity index (χ4n) is 4.39. The van der Waals surface area contributed by atoms with Crippen LogP contribution in [0.4, 0.5) is 5.69 Å². The van der Waals surface area contributed by atoms with Crippen LogP contribution in [-0.4, -0.2) is 44.2 Å². The summed E-state index contributed by atoms with van der Waals surface area (Å²) in [6, 6.07) is 22.1. The van der Waals surface area contributed by atoms with Crippen LogP contribution in [0.1, 0.15) is 28.8 Å². The topological polar surface area (TPSA) is 50.8 Å². The minimum atomic E-state index is 0.0858. The van der Waals surface area contributed by atoms with Gasteiger partial charge in [0.25, 0.3) is 5.91 Å². The van der Waals surface area contributed by atoms with Gasteiger partial charge in [0.2, 0.25) is 0 Å². The zero-order valence-electron chi connectivity index (χ0n) is 18.9. The summed E-state index contributed by atoms with van der Waals surface area (Å²) >= 11 is 0. The van der Waals surface area contributed by atoms with Crippen LogP contribution < -0.4 is 14.8 Å². The Kier molecular flexibility index (Phi) is 6.64. The van der Waals surface area contributed by atoms with Crippen molar-refractivity contribution in [3.63, 3.8) is 0 Å². The standard InChI is InChI=1S/C27H30N2O3/c1-19-9-4-5-11-22(19)23-12-6-7-13-24(23)27(30)29-16-8-10-21(18-29)28-20-14-15-25(31-2)26(17-20)32-3/h4-7,9,11-15,17,21,28H,8,10,16,18H2,1-3H3/t21-/m1/s1. The van der Waals surface area contributed by atoms with Crippen LogP contribution in [0.5, 0.6) is 11.5 Å². The number of nitrogens with one attached hydrogen (secondary N) is 1. The van der Waals surface area contributed by atoms with Gasteiger partial charge in [0.05, 0.1) is 14.2 Å². The first-order valence-electron chi connectivity index (χ1n) is 11.0. The van der Waals surface area contributed by atoms with Gasteiger partial charge in [-0.3, -0.25) is 4.79 Å². The van der Waals surface area contributed by atoms with Crippen LogP contribution in [0.25, 0.3) is 11.1 Å². The van der Waals surface area contributed by atoms with Crippen LogP contribution in [0.15, 0.2) is 66.7 Å². The maximum atomic E-state index is 13.5. The Labute approximate surface area is 190 Å². The molecule has 3 aromatic rings. The number of carbonyl (C=O) groups is 1. The second-order valence-electron chi connectivity index (χ2n) is 8.16. The fraction of sp³-hybridized carbons (Fsp3) is 0.296. The lowest BCUT2D eigenvalue weighted by Crippen LogP contribution is -2.45. The lowest BCUT2D eigenvalue weighted by Gasteiger charge is -2.34. The molecule has 1 aliphatic rings. The van der Waals surface area contributed by atoms with Crippen LogP contribution in [0.2, 0.25) is 0 Å². The lowest BCUT2D eigenvalue weighted by atomic mass is 9.94. The van der Waals surface area contributed by atoms with Gasteiger partial charge in [-0.15, -0.1) is 0 Å². The zero-order chi connectivity index (χ0) is 22.5. The van der Waals surface area contributed by atoms with Crippen molar-refractivity contribution in [2.24, 2.45) is 0 Å². The summed E-state index contributed by atoms with van der Waals surface area (Å²) in [5.41, 5.74) is 4.98. The van der Waals surface area contributed by atoms with Crippen LogP contribution in [0, 0.1) is 6.92 Å². The smallest absolute Gasteiger partial charge is 0.254 e. The molecule has 4 rings (SSSR count). The minimum absolute atomic E-state index is 0.0858. The summed E-state index contributed by atoms with van der Waals surface area (Å²) in [6.07, 6.45) is 1.97. The van der Waals surface area contributed by atoms with Crippen LogP contribution in [0.3, 0.4) is 0 Å². The quantitative estimate of drug-likeness (QED) is 0.569. The van der Waals surface area contributed by atoms with E-state index in [0.717, 1.165) is 41.8 Å². The average Bonchev–Trinajstić information content (AvgIpc) is 2.84. The molecule has 1 amide bonds. The molecule has 1 aliphatic heterocycles. The van der Waals surface area contributed by atoms with Gasteiger partial charge < -0.3 is 19.7 Å². The Morgan fingerprint density at radius 2 is 1.66 bits per heavy atom. The Bertz CT molecular complexity index is 1100. The highest BCUT2D eigenvalue weighted by molar-refractivity contribution is 6.01. The number of amides is 1. The van der Waals surface area contributed by atoms with E-state index in [1.54, 1.807) is 14.2 Å². The van der Waals surface area contributed by atoms with E-state index in [-0.39, 0.29) is 11.9 Å². The second kappa shape index (κ2) is 9.77. The molecule has 32 heavy (non-hydrogen) atoms. The first kappa shape index (κ1) is 21.8. The van der Waals surface area contributed by atoms with Crippen molar-refractivity contribution >= 4 is 11.6 Å². The number of piperidine rings is 1. The molecule has 5 nitrogen and oxygen atoms in total. The normalized spacial score (nSPS) is 15.8.